The highest BCUT2D eigenvalue weighted by Gasteiger charge is 2.60. The van der Waals surface area contributed by atoms with Gasteiger partial charge in [-0.15, -0.1) is 19.0 Å². The fourth-order valence-electron chi connectivity index (χ4n) is 8.18. The van der Waals surface area contributed by atoms with Crippen LogP contribution in [0.15, 0.2) is 24.3 Å². The Bertz CT molecular complexity index is 614. The van der Waals surface area contributed by atoms with Crippen molar-refractivity contribution in [1.29, 1.82) is 0 Å². The molecule has 3 N–H and O–H groups in total. The van der Waals surface area contributed by atoms with Gasteiger partial charge in [-0.3, -0.25) is 0 Å². The first kappa shape index (κ1) is 21.4. The van der Waals surface area contributed by atoms with Crippen molar-refractivity contribution in [3.63, 3.8) is 0 Å². The lowest BCUT2D eigenvalue weighted by Gasteiger charge is -2.59. The molecule has 0 radical (unpaired) electrons. The average Bonchev–Trinajstić information content (AvgIpc) is 2.93. The first-order valence-corrected chi connectivity index (χ1v) is 11.0. The third-order valence-corrected chi connectivity index (χ3v) is 9.46. The van der Waals surface area contributed by atoms with Gasteiger partial charge in [0.15, 0.2) is 0 Å². The topological polar surface area (TPSA) is 46.2 Å². The molecule has 27 heavy (non-hydrogen) atoms. The van der Waals surface area contributed by atoms with E-state index >= 15 is 0 Å². The van der Waals surface area contributed by atoms with Crippen LogP contribution in [0.4, 0.5) is 0 Å². The van der Waals surface area contributed by atoms with Crippen molar-refractivity contribution >= 4 is 12.4 Å². The van der Waals surface area contributed by atoms with Crippen molar-refractivity contribution < 1.29 is 5.11 Å². The Morgan fingerprint density at radius 2 is 1.96 bits per heavy atom. The molecule has 0 amide bonds. The summed E-state index contributed by atoms with van der Waals surface area (Å²) in [5.41, 5.74) is 9.02. The van der Waals surface area contributed by atoms with Crippen LogP contribution < -0.4 is 5.73 Å². The normalized spacial score (nSPS) is 48.2. The zero-order valence-electron chi connectivity index (χ0n) is 17.5. The molecule has 3 fully saturated rings. The maximum absolute atomic E-state index is 10.2. The number of fused-ring (bicyclic) bond motifs is 5. The van der Waals surface area contributed by atoms with Gasteiger partial charge in [0.2, 0.25) is 0 Å². The van der Waals surface area contributed by atoms with Gasteiger partial charge in [-0.1, -0.05) is 31.6 Å². The molecule has 3 saturated carbocycles. The van der Waals surface area contributed by atoms with E-state index in [2.05, 4.69) is 33.4 Å². The van der Waals surface area contributed by atoms with E-state index in [1.165, 1.54) is 38.5 Å². The summed E-state index contributed by atoms with van der Waals surface area (Å²) in [4.78, 5) is 0. The minimum Gasteiger partial charge on any atom is -0.393 e. The molecule has 4 aliphatic rings. The Labute approximate surface area is 172 Å². The predicted molar refractivity (Wildman–Crippen MR) is 116 cm³/mol. The van der Waals surface area contributed by atoms with Gasteiger partial charge in [0.1, 0.15) is 0 Å². The lowest BCUT2D eigenvalue weighted by molar-refractivity contribution is -0.0593. The lowest BCUT2D eigenvalue weighted by atomic mass is 9.46. The van der Waals surface area contributed by atoms with Crippen LogP contribution in [0.25, 0.3) is 0 Å². The van der Waals surface area contributed by atoms with Crippen LogP contribution in [0.1, 0.15) is 78.6 Å². The molecule has 0 bridgehead atoms. The molecule has 0 heterocycles. The van der Waals surface area contributed by atoms with E-state index in [1.54, 1.807) is 5.57 Å². The molecule has 0 aliphatic heterocycles. The predicted octanol–water partition coefficient (Wildman–Crippen LogP) is 5.64. The second-order valence-corrected chi connectivity index (χ2v) is 10.8. The molecular weight excluding hydrogens is 354 g/mol. The Balaban J connectivity index is 0.00000210. The van der Waals surface area contributed by atoms with E-state index in [0.717, 1.165) is 37.0 Å². The average molecular weight is 394 g/mol. The van der Waals surface area contributed by atoms with E-state index < -0.39 is 0 Å². The Morgan fingerprint density at radius 1 is 1.22 bits per heavy atom. The van der Waals surface area contributed by atoms with Gasteiger partial charge in [0.05, 0.1) is 6.10 Å². The summed E-state index contributed by atoms with van der Waals surface area (Å²) in [6.07, 6.45) is 15.0. The molecular formula is C24H40ClNO. The smallest absolute Gasteiger partial charge is 0.0577 e. The van der Waals surface area contributed by atoms with Crippen LogP contribution in [0.5, 0.6) is 0 Å². The Kier molecular flexibility index (Phi) is 5.69. The summed E-state index contributed by atoms with van der Waals surface area (Å²) >= 11 is 0. The molecule has 3 heteroatoms. The Morgan fingerprint density at radius 3 is 2.67 bits per heavy atom. The van der Waals surface area contributed by atoms with Crippen LogP contribution >= 0.6 is 12.4 Å². The Hall–Kier alpha value is -0.310. The SMILES string of the molecule is C=CC[C@@](C)(N)[C@H]1CC[C@H]2[C@@H]3CC=C4C[C@@H](O)CC[C@]4(C)[C@H]3CC[C@@]21C.Cl. The number of halogens is 1. The third-order valence-electron chi connectivity index (χ3n) is 9.46. The molecule has 0 saturated heterocycles. The summed E-state index contributed by atoms with van der Waals surface area (Å²) in [5, 5.41) is 10.2. The van der Waals surface area contributed by atoms with Crippen LogP contribution in [0.3, 0.4) is 0 Å². The third kappa shape index (κ3) is 3.15. The van der Waals surface area contributed by atoms with Gasteiger partial charge in [0, 0.05) is 5.54 Å². The quantitative estimate of drug-likeness (QED) is 0.609. The molecule has 0 spiro atoms. The van der Waals surface area contributed by atoms with Gasteiger partial charge in [-0.05, 0) is 99.2 Å². The van der Waals surface area contributed by atoms with E-state index in [9.17, 15) is 5.11 Å². The molecule has 2 nitrogen and oxygen atoms in total. The maximum Gasteiger partial charge on any atom is 0.0577 e. The van der Waals surface area contributed by atoms with Crippen molar-refractivity contribution in [2.75, 3.05) is 0 Å². The zero-order chi connectivity index (χ0) is 18.7. The molecule has 8 atom stereocenters. The number of allylic oxidation sites excluding steroid dienone is 1. The zero-order valence-corrected chi connectivity index (χ0v) is 18.4. The van der Waals surface area contributed by atoms with Crippen LogP contribution in [0.2, 0.25) is 0 Å². The van der Waals surface area contributed by atoms with Crippen LogP contribution in [-0.4, -0.2) is 16.7 Å². The van der Waals surface area contributed by atoms with E-state index in [0.29, 0.717) is 16.7 Å². The van der Waals surface area contributed by atoms with Gasteiger partial charge >= 0.3 is 0 Å². The number of hydrogen-bond acceptors (Lipinski definition) is 2. The molecule has 154 valence electrons. The van der Waals surface area contributed by atoms with Gasteiger partial charge < -0.3 is 10.8 Å². The number of aliphatic hydroxyl groups excluding tert-OH is 1. The summed E-state index contributed by atoms with van der Waals surface area (Å²) in [6, 6.07) is 0. The summed E-state index contributed by atoms with van der Waals surface area (Å²) in [5.74, 6) is 3.07. The van der Waals surface area contributed by atoms with Crippen LogP contribution in [0, 0.1) is 34.5 Å². The van der Waals surface area contributed by atoms with Crippen molar-refractivity contribution in [1.82, 2.24) is 0 Å². The molecule has 0 aromatic heterocycles. The van der Waals surface area contributed by atoms with E-state index in [-0.39, 0.29) is 24.0 Å². The van der Waals surface area contributed by atoms with E-state index in [1.807, 2.05) is 6.08 Å². The highest BCUT2D eigenvalue weighted by molar-refractivity contribution is 5.85. The van der Waals surface area contributed by atoms with Crippen molar-refractivity contribution in [3.8, 4) is 0 Å². The highest BCUT2D eigenvalue weighted by atomic mass is 35.5. The molecule has 4 rings (SSSR count). The largest absolute Gasteiger partial charge is 0.393 e. The first-order chi connectivity index (χ1) is 12.2. The number of nitrogens with two attached hydrogens (primary N) is 1. The second kappa shape index (κ2) is 7.18. The van der Waals surface area contributed by atoms with Crippen molar-refractivity contribution in [3.05, 3.63) is 24.3 Å². The highest BCUT2D eigenvalue weighted by Crippen LogP contribution is 2.67. The van der Waals surface area contributed by atoms with Crippen LogP contribution in [-0.2, 0) is 0 Å². The van der Waals surface area contributed by atoms with Gasteiger partial charge in [0.25, 0.3) is 0 Å². The fraction of sp³-hybridized carbons (Fsp3) is 0.833. The molecule has 4 aliphatic carbocycles. The molecule has 0 unspecified atom stereocenters. The van der Waals surface area contributed by atoms with Gasteiger partial charge in [-0.25, -0.2) is 0 Å². The minimum atomic E-state index is -0.118. The summed E-state index contributed by atoms with van der Waals surface area (Å²) in [6.45, 7) is 11.3. The van der Waals surface area contributed by atoms with E-state index in [4.69, 9.17) is 5.73 Å². The minimum absolute atomic E-state index is 0. The first-order valence-electron chi connectivity index (χ1n) is 11.0. The molecule has 0 aromatic rings. The summed E-state index contributed by atoms with van der Waals surface area (Å²) < 4.78 is 0. The number of hydrogen-bond donors (Lipinski definition) is 2. The van der Waals surface area contributed by atoms with Gasteiger partial charge in [-0.2, -0.15) is 0 Å². The second-order valence-electron chi connectivity index (χ2n) is 10.8. The standard InChI is InChI=1S/C24H39NO.ClH/c1-5-12-24(4,25)21-9-8-19-18-7-6-16-15-17(26)10-13-22(16,2)20(18)11-14-23(19,21)3;/h5-6,17-21,26H,1,7-15,25H2,2-4H3;1H/t17-,18-,19-,20-,21-,22-,23-,24+;/m0./s1. The summed E-state index contributed by atoms with van der Waals surface area (Å²) in [7, 11) is 0. The number of aliphatic hydroxyl groups is 1. The number of rotatable bonds is 3. The molecule has 0 aromatic carbocycles. The maximum atomic E-state index is 10.2. The van der Waals surface area contributed by atoms with Crippen molar-refractivity contribution in [2.45, 2.75) is 90.2 Å². The lowest BCUT2D eigenvalue weighted by Crippen LogP contribution is -2.55. The fourth-order valence-corrected chi connectivity index (χ4v) is 8.18. The monoisotopic (exact) mass is 393 g/mol. The van der Waals surface area contributed by atoms with Crippen molar-refractivity contribution in [2.24, 2.45) is 40.2 Å².